The van der Waals surface area contributed by atoms with Crippen LogP contribution in [-0.2, 0) is 0 Å². The monoisotopic (exact) mass is 383 g/mol. The zero-order valence-corrected chi connectivity index (χ0v) is 16.0. The first-order valence-corrected chi connectivity index (χ1v) is 9.78. The molecule has 3 aromatic carbocycles. The van der Waals surface area contributed by atoms with Gasteiger partial charge in [0, 0.05) is 5.56 Å². The summed E-state index contributed by atoms with van der Waals surface area (Å²) in [6.07, 6.45) is 4.12. The third kappa shape index (κ3) is 3.17. The minimum absolute atomic E-state index is 0.857. The minimum Gasteiger partial charge on any atom is -0.497 e. The second-order valence-corrected chi connectivity index (χ2v) is 7.51. The molecule has 1 N–H and O–H groups in total. The van der Waals surface area contributed by atoms with Crippen LogP contribution in [0.4, 0.5) is 0 Å². The number of aromatic amines is 1. The fourth-order valence-corrected chi connectivity index (χ4v) is 3.99. The maximum atomic E-state index is 5.20. The number of nitrogens with zero attached hydrogens (tertiary/aromatic N) is 2. The summed E-state index contributed by atoms with van der Waals surface area (Å²) in [5, 5.41) is 0.979. The van der Waals surface area contributed by atoms with Crippen molar-refractivity contribution in [3.05, 3.63) is 77.3 Å². The summed E-state index contributed by atoms with van der Waals surface area (Å²) < 4.78 is 6.36. The van der Waals surface area contributed by atoms with Gasteiger partial charge in [0.2, 0.25) is 0 Å². The molecule has 2 heterocycles. The standard InChI is InChI=1S/C23H17N3OS/c1-27-17-10-6-15(7-11-17)8-13-22-24-20-14-16(9-12-21(20)28-22)23-25-18-4-2-3-5-19(18)26-23/h2-14H,1H3,(H,25,26)/b13-8+. The van der Waals surface area contributed by atoms with E-state index in [1.165, 1.54) is 0 Å². The number of ether oxygens (including phenoxy) is 1. The molecule has 0 spiro atoms. The Balaban J connectivity index is 1.45. The second kappa shape index (κ2) is 6.94. The SMILES string of the molecule is COc1ccc(/C=C/c2nc3cc(-c4nc5ccccc5[nH]4)ccc3s2)cc1. The van der Waals surface area contributed by atoms with E-state index in [1.54, 1.807) is 18.4 Å². The number of hydrogen-bond acceptors (Lipinski definition) is 4. The van der Waals surface area contributed by atoms with Crippen molar-refractivity contribution < 1.29 is 4.74 Å². The van der Waals surface area contributed by atoms with E-state index in [0.29, 0.717) is 0 Å². The molecule has 4 nitrogen and oxygen atoms in total. The molecule has 0 saturated heterocycles. The van der Waals surface area contributed by atoms with Gasteiger partial charge in [0.25, 0.3) is 0 Å². The summed E-state index contributed by atoms with van der Waals surface area (Å²) >= 11 is 1.68. The van der Waals surface area contributed by atoms with Crippen LogP contribution >= 0.6 is 11.3 Å². The summed E-state index contributed by atoms with van der Waals surface area (Å²) in [7, 11) is 1.67. The average Bonchev–Trinajstić information content (AvgIpc) is 3.35. The summed E-state index contributed by atoms with van der Waals surface area (Å²) in [4.78, 5) is 12.8. The lowest BCUT2D eigenvalue weighted by atomic mass is 10.2. The molecule has 5 rings (SSSR count). The van der Waals surface area contributed by atoms with Gasteiger partial charge >= 0.3 is 0 Å². The highest BCUT2D eigenvalue weighted by molar-refractivity contribution is 7.19. The maximum Gasteiger partial charge on any atom is 0.138 e. The quantitative estimate of drug-likeness (QED) is 0.413. The highest BCUT2D eigenvalue weighted by Crippen LogP contribution is 2.28. The molecule has 0 unspecified atom stereocenters. The normalized spacial score (nSPS) is 11.6. The molecular weight excluding hydrogens is 366 g/mol. The number of H-pyrrole nitrogens is 1. The Labute approximate surface area is 166 Å². The number of benzene rings is 3. The van der Waals surface area contributed by atoms with Crippen LogP contribution in [0.2, 0.25) is 0 Å². The number of imidazole rings is 1. The van der Waals surface area contributed by atoms with Crippen LogP contribution in [0.1, 0.15) is 10.6 Å². The van der Waals surface area contributed by atoms with E-state index in [9.17, 15) is 0 Å². The number of rotatable bonds is 4. The van der Waals surface area contributed by atoms with E-state index in [0.717, 1.165) is 49.0 Å². The third-order valence-electron chi connectivity index (χ3n) is 4.60. The van der Waals surface area contributed by atoms with Gasteiger partial charge in [0.05, 0.1) is 28.4 Å². The maximum absolute atomic E-state index is 5.20. The smallest absolute Gasteiger partial charge is 0.138 e. The van der Waals surface area contributed by atoms with Crippen molar-refractivity contribution in [3.63, 3.8) is 0 Å². The Hall–Kier alpha value is -3.44. The van der Waals surface area contributed by atoms with Crippen LogP contribution in [-0.4, -0.2) is 22.1 Å². The number of thiazole rings is 1. The summed E-state index contributed by atoms with van der Waals surface area (Å²) in [6.45, 7) is 0. The summed E-state index contributed by atoms with van der Waals surface area (Å²) in [5.74, 6) is 1.72. The van der Waals surface area contributed by atoms with E-state index in [2.05, 4.69) is 34.2 Å². The molecule has 5 heteroatoms. The zero-order valence-electron chi connectivity index (χ0n) is 15.2. The fraction of sp³-hybridized carbons (Fsp3) is 0.0435. The number of para-hydroxylation sites is 2. The third-order valence-corrected chi connectivity index (χ3v) is 5.60. The molecule has 0 aliphatic rings. The highest BCUT2D eigenvalue weighted by atomic mass is 32.1. The zero-order chi connectivity index (χ0) is 18.9. The Morgan fingerprint density at radius 3 is 2.57 bits per heavy atom. The highest BCUT2D eigenvalue weighted by Gasteiger charge is 2.08. The predicted octanol–water partition coefficient (Wildman–Crippen LogP) is 6.02. The molecule has 2 aromatic heterocycles. The summed E-state index contributed by atoms with van der Waals surface area (Å²) in [6, 6.07) is 22.3. The number of fused-ring (bicyclic) bond motifs is 2. The lowest BCUT2D eigenvalue weighted by Gasteiger charge is -1.98. The Morgan fingerprint density at radius 2 is 1.75 bits per heavy atom. The van der Waals surface area contributed by atoms with E-state index in [4.69, 9.17) is 9.72 Å². The molecular formula is C23H17N3OS. The first-order chi connectivity index (χ1) is 13.8. The van der Waals surface area contributed by atoms with Crippen LogP contribution in [0.15, 0.2) is 66.7 Å². The van der Waals surface area contributed by atoms with E-state index >= 15 is 0 Å². The lowest BCUT2D eigenvalue weighted by molar-refractivity contribution is 0.415. The van der Waals surface area contributed by atoms with Gasteiger partial charge in [0.1, 0.15) is 16.6 Å². The van der Waals surface area contributed by atoms with Crippen LogP contribution < -0.4 is 4.74 Å². The van der Waals surface area contributed by atoms with Gasteiger partial charge in [-0.3, -0.25) is 0 Å². The predicted molar refractivity (Wildman–Crippen MR) is 117 cm³/mol. The largest absolute Gasteiger partial charge is 0.497 e. The average molecular weight is 383 g/mol. The van der Waals surface area contributed by atoms with Gasteiger partial charge in [0.15, 0.2) is 0 Å². The van der Waals surface area contributed by atoms with Crippen molar-refractivity contribution in [2.45, 2.75) is 0 Å². The van der Waals surface area contributed by atoms with Crippen LogP contribution in [0.5, 0.6) is 5.75 Å². The lowest BCUT2D eigenvalue weighted by Crippen LogP contribution is -1.81. The second-order valence-electron chi connectivity index (χ2n) is 6.44. The van der Waals surface area contributed by atoms with E-state index in [-0.39, 0.29) is 0 Å². The molecule has 0 bridgehead atoms. The minimum atomic E-state index is 0.857. The molecule has 0 aliphatic carbocycles. The van der Waals surface area contributed by atoms with Crippen molar-refractivity contribution in [2.24, 2.45) is 0 Å². The molecule has 5 aromatic rings. The topological polar surface area (TPSA) is 50.8 Å². The summed E-state index contributed by atoms with van der Waals surface area (Å²) in [5.41, 5.74) is 5.15. The Bertz CT molecular complexity index is 1270. The van der Waals surface area contributed by atoms with Crippen LogP contribution in [0.25, 0.3) is 44.8 Å². The van der Waals surface area contributed by atoms with Crippen molar-refractivity contribution in [1.82, 2.24) is 15.0 Å². The van der Waals surface area contributed by atoms with Gasteiger partial charge in [-0.1, -0.05) is 30.3 Å². The van der Waals surface area contributed by atoms with Gasteiger partial charge in [-0.25, -0.2) is 9.97 Å². The molecule has 28 heavy (non-hydrogen) atoms. The first kappa shape index (κ1) is 16.7. The number of nitrogens with one attached hydrogen (secondary N) is 1. The van der Waals surface area contributed by atoms with Crippen molar-refractivity contribution in [2.75, 3.05) is 7.11 Å². The molecule has 0 saturated carbocycles. The number of methoxy groups -OCH3 is 1. The van der Waals surface area contributed by atoms with E-state index < -0.39 is 0 Å². The van der Waals surface area contributed by atoms with Gasteiger partial charge < -0.3 is 9.72 Å². The van der Waals surface area contributed by atoms with Crippen LogP contribution in [0, 0.1) is 0 Å². The molecule has 0 aliphatic heterocycles. The van der Waals surface area contributed by atoms with E-state index in [1.807, 2.05) is 54.6 Å². The molecule has 0 atom stereocenters. The molecule has 0 radical (unpaired) electrons. The van der Waals surface area contributed by atoms with Gasteiger partial charge in [-0.2, -0.15) is 0 Å². The number of hydrogen-bond donors (Lipinski definition) is 1. The van der Waals surface area contributed by atoms with Crippen molar-refractivity contribution >= 4 is 44.7 Å². The first-order valence-electron chi connectivity index (χ1n) is 8.96. The molecule has 136 valence electrons. The van der Waals surface area contributed by atoms with Gasteiger partial charge in [-0.05, 0) is 54.1 Å². The molecule has 0 fully saturated rings. The Kier molecular flexibility index (Phi) is 4.14. The molecule has 0 amide bonds. The fourth-order valence-electron chi connectivity index (χ4n) is 3.14. The van der Waals surface area contributed by atoms with Crippen molar-refractivity contribution in [3.8, 4) is 17.1 Å². The van der Waals surface area contributed by atoms with Crippen LogP contribution in [0.3, 0.4) is 0 Å². The van der Waals surface area contributed by atoms with Gasteiger partial charge in [-0.15, -0.1) is 11.3 Å². The number of aromatic nitrogens is 3. The van der Waals surface area contributed by atoms with Crippen molar-refractivity contribution in [1.29, 1.82) is 0 Å². The Morgan fingerprint density at radius 1 is 0.893 bits per heavy atom.